The summed E-state index contributed by atoms with van der Waals surface area (Å²) in [7, 11) is 0. The molecule has 3 nitrogen and oxygen atoms in total. The van der Waals surface area contributed by atoms with Crippen molar-refractivity contribution in [2.24, 2.45) is 0 Å². The number of rotatable bonds is 4. The van der Waals surface area contributed by atoms with Gasteiger partial charge in [0.1, 0.15) is 5.82 Å². The van der Waals surface area contributed by atoms with Gasteiger partial charge in [-0.1, -0.05) is 6.42 Å². The molecule has 0 aromatic heterocycles. The molecule has 0 bridgehead atoms. The van der Waals surface area contributed by atoms with Crippen molar-refractivity contribution in [3.05, 3.63) is 23.8 Å². The quantitative estimate of drug-likeness (QED) is 0.812. The SMILES string of the molecule is Nc1c(F)cc(F)cc1NCCN1CCCCC1. The highest BCUT2D eigenvalue weighted by Crippen LogP contribution is 2.23. The summed E-state index contributed by atoms with van der Waals surface area (Å²) in [4.78, 5) is 2.35. The third-order valence-corrected chi connectivity index (χ3v) is 3.29. The van der Waals surface area contributed by atoms with Crippen LogP contribution in [0, 0.1) is 11.6 Å². The first kappa shape index (κ1) is 13.1. The number of nitrogens with zero attached hydrogens (tertiary/aromatic N) is 1. The van der Waals surface area contributed by atoms with Crippen molar-refractivity contribution in [2.45, 2.75) is 19.3 Å². The van der Waals surface area contributed by atoms with Crippen LogP contribution in [-0.4, -0.2) is 31.1 Å². The molecule has 0 unspecified atom stereocenters. The monoisotopic (exact) mass is 255 g/mol. The fourth-order valence-corrected chi connectivity index (χ4v) is 2.26. The zero-order valence-electron chi connectivity index (χ0n) is 10.4. The second kappa shape index (κ2) is 6.00. The minimum absolute atomic E-state index is 0.0185. The summed E-state index contributed by atoms with van der Waals surface area (Å²) in [5.41, 5.74) is 5.87. The van der Waals surface area contributed by atoms with Gasteiger partial charge < -0.3 is 16.0 Å². The first-order valence-electron chi connectivity index (χ1n) is 6.37. The molecule has 2 rings (SSSR count). The number of anilines is 2. The predicted octanol–water partition coefficient (Wildman–Crippen LogP) is 2.44. The number of likely N-dealkylation sites (tertiary alicyclic amines) is 1. The number of benzene rings is 1. The maximum atomic E-state index is 13.2. The Morgan fingerprint density at radius 1 is 1.17 bits per heavy atom. The van der Waals surface area contributed by atoms with Gasteiger partial charge in [0.05, 0.1) is 11.4 Å². The van der Waals surface area contributed by atoms with Gasteiger partial charge in [-0.3, -0.25) is 0 Å². The second-order valence-electron chi connectivity index (χ2n) is 4.68. The Morgan fingerprint density at radius 2 is 1.89 bits per heavy atom. The highest BCUT2D eigenvalue weighted by molar-refractivity contribution is 5.66. The van der Waals surface area contributed by atoms with Gasteiger partial charge >= 0.3 is 0 Å². The van der Waals surface area contributed by atoms with E-state index >= 15 is 0 Å². The van der Waals surface area contributed by atoms with Crippen LogP contribution in [0.25, 0.3) is 0 Å². The fraction of sp³-hybridized carbons (Fsp3) is 0.538. The zero-order valence-corrected chi connectivity index (χ0v) is 10.4. The van der Waals surface area contributed by atoms with Crippen molar-refractivity contribution in [2.75, 3.05) is 37.2 Å². The Balaban J connectivity index is 1.86. The third-order valence-electron chi connectivity index (χ3n) is 3.29. The number of nitrogens with one attached hydrogen (secondary N) is 1. The van der Waals surface area contributed by atoms with Crippen molar-refractivity contribution >= 4 is 11.4 Å². The molecule has 1 aromatic rings. The molecule has 0 atom stereocenters. The van der Waals surface area contributed by atoms with Gasteiger partial charge in [0.25, 0.3) is 0 Å². The van der Waals surface area contributed by atoms with Gasteiger partial charge in [-0.05, 0) is 32.0 Å². The molecule has 0 saturated carbocycles. The third kappa shape index (κ3) is 3.32. The van der Waals surface area contributed by atoms with Crippen LogP contribution in [0.1, 0.15) is 19.3 Å². The minimum Gasteiger partial charge on any atom is -0.395 e. The Labute approximate surface area is 106 Å². The first-order valence-corrected chi connectivity index (χ1v) is 6.37. The maximum absolute atomic E-state index is 13.2. The van der Waals surface area contributed by atoms with Crippen LogP contribution in [-0.2, 0) is 0 Å². The summed E-state index contributed by atoms with van der Waals surface area (Å²) in [5, 5.41) is 3.00. The van der Waals surface area contributed by atoms with E-state index in [1.807, 2.05) is 0 Å². The topological polar surface area (TPSA) is 41.3 Å². The smallest absolute Gasteiger partial charge is 0.151 e. The van der Waals surface area contributed by atoms with Gasteiger partial charge in [-0.15, -0.1) is 0 Å². The molecule has 1 saturated heterocycles. The van der Waals surface area contributed by atoms with E-state index < -0.39 is 11.6 Å². The van der Waals surface area contributed by atoms with E-state index in [9.17, 15) is 8.78 Å². The first-order chi connectivity index (χ1) is 8.66. The highest BCUT2D eigenvalue weighted by Gasteiger charge is 2.11. The molecule has 1 aliphatic heterocycles. The molecule has 1 aromatic carbocycles. The van der Waals surface area contributed by atoms with Crippen LogP contribution in [0.3, 0.4) is 0 Å². The van der Waals surface area contributed by atoms with Crippen molar-refractivity contribution in [3.8, 4) is 0 Å². The average molecular weight is 255 g/mol. The lowest BCUT2D eigenvalue weighted by molar-refractivity contribution is 0.237. The number of hydrogen-bond acceptors (Lipinski definition) is 3. The van der Waals surface area contributed by atoms with E-state index in [-0.39, 0.29) is 5.69 Å². The predicted molar refractivity (Wildman–Crippen MR) is 69.6 cm³/mol. The molecule has 1 heterocycles. The van der Waals surface area contributed by atoms with Crippen molar-refractivity contribution in [1.82, 2.24) is 4.90 Å². The van der Waals surface area contributed by atoms with Gasteiger partial charge in [-0.25, -0.2) is 8.78 Å². The van der Waals surface area contributed by atoms with E-state index in [2.05, 4.69) is 10.2 Å². The van der Waals surface area contributed by atoms with Crippen LogP contribution >= 0.6 is 0 Å². The number of nitrogen functional groups attached to an aromatic ring is 1. The summed E-state index contributed by atoms with van der Waals surface area (Å²) >= 11 is 0. The van der Waals surface area contributed by atoms with Crippen LogP contribution in [0.2, 0.25) is 0 Å². The fourth-order valence-electron chi connectivity index (χ4n) is 2.26. The maximum Gasteiger partial charge on any atom is 0.151 e. The van der Waals surface area contributed by atoms with Gasteiger partial charge in [0.2, 0.25) is 0 Å². The van der Waals surface area contributed by atoms with Gasteiger partial charge in [0, 0.05) is 19.2 Å². The molecule has 1 aliphatic rings. The molecular formula is C13H19F2N3. The number of hydrogen-bond donors (Lipinski definition) is 2. The Hall–Kier alpha value is -1.36. The standard InChI is InChI=1S/C13H19F2N3/c14-10-8-11(15)13(16)12(9-10)17-4-7-18-5-2-1-3-6-18/h8-9,17H,1-7,16H2. The lowest BCUT2D eigenvalue weighted by atomic mass is 10.1. The molecular weight excluding hydrogens is 236 g/mol. The Bertz CT molecular complexity index is 403. The molecule has 3 N–H and O–H groups in total. The van der Waals surface area contributed by atoms with Crippen molar-refractivity contribution in [1.29, 1.82) is 0 Å². The largest absolute Gasteiger partial charge is 0.395 e. The van der Waals surface area contributed by atoms with Crippen LogP contribution in [0.15, 0.2) is 12.1 Å². The molecule has 0 aliphatic carbocycles. The van der Waals surface area contributed by atoms with E-state index in [4.69, 9.17) is 5.73 Å². The lowest BCUT2D eigenvalue weighted by Gasteiger charge is -2.26. The normalized spacial score (nSPS) is 16.8. The van der Waals surface area contributed by atoms with Crippen molar-refractivity contribution < 1.29 is 8.78 Å². The number of nitrogens with two attached hydrogens (primary N) is 1. The molecule has 0 spiro atoms. The molecule has 0 amide bonds. The van der Waals surface area contributed by atoms with Crippen LogP contribution < -0.4 is 11.1 Å². The average Bonchev–Trinajstić information content (AvgIpc) is 2.36. The summed E-state index contributed by atoms with van der Waals surface area (Å²) in [5.74, 6) is -1.32. The molecule has 0 radical (unpaired) electrons. The van der Waals surface area contributed by atoms with E-state index in [1.165, 1.54) is 25.3 Å². The second-order valence-corrected chi connectivity index (χ2v) is 4.68. The Kier molecular flexibility index (Phi) is 4.36. The van der Waals surface area contributed by atoms with Gasteiger partial charge in [0.15, 0.2) is 5.82 Å². The molecule has 5 heteroatoms. The van der Waals surface area contributed by atoms with Gasteiger partial charge in [-0.2, -0.15) is 0 Å². The summed E-state index contributed by atoms with van der Waals surface area (Å²) in [6.07, 6.45) is 3.76. The highest BCUT2D eigenvalue weighted by atomic mass is 19.1. The lowest BCUT2D eigenvalue weighted by Crippen LogP contribution is -2.33. The van der Waals surface area contributed by atoms with Crippen LogP contribution in [0.4, 0.5) is 20.2 Å². The summed E-state index contributed by atoms with van der Waals surface area (Å²) in [6, 6.07) is 2.03. The van der Waals surface area contributed by atoms with E-state index in [0.717, 1.165) is 25.7 Å². The zero-order chi connectivity index (χ0) is 13.0. The summed E-state index contributed by atoms with van der Waals surface area (Å²) < 4.78 is 26.3. The number of piperidine rings is 1. The Morgan fingerprint density at radius 3 is 2.61 bits per heavy atom. The molecule has 18 heavy (non-hydrogen) atoms. The van der Waals surface area contributed by atoms with E-state index in [0.29, 0.717) is 12.2 Å². The van der Waals surface area contributed by atoms with E-state index in [1.54, 1.807) is 0 Å². The number of halogens is 2. The molecule has 100 valence electrons. The van der Waals surface area contributed by atoms with Crippen molar-refractivity contribution in [3.63, 3.8) is 0 Å². The summed E-state index contributed by atoms with van der Waals surface area (Å²) in [6.45, 7) is 3.73. The molecule has 1 fully saturated rings. The minimum atomic E-state index is -0.713. The van der Waals surface area contributed by atoms with Crippen LogP contribution in [0.5, 0.6) is 0 Å².